The molecule has 0 bridgehead atoms. The van der Waals surface area contributed by atoms with E-state index < -0.39 is 0 Å². The second-order valence-electron chi connectivity index (χ2n) is 7.55. The number of carbonyl (C=O) groups is 3. The van der Waals surface area contributed by atoms with Crippen molar-refractivity contribution in [3.8, 4) is 5.75 Å². The van der Waals surface area contributed by atoms with Crippen molar-refractivity contribution >= 4 is 23.4 Å². The van der Waals surface area contributed by atoms with Gasteiger partial charge in [-0.05, 0) is 24.3 Å². The molecule has 30 heavy (non-hydrogen) atoms. The number of hydrogen-bond donors (Lipinski definition) is 0. The van der Waals surface area contributed by atoms with Crippen molar-refractivity contribution in [3.63, 3.8) is 0 Å². The van der Waals surface area contributed by atoms with Crippen LogP contribution in [0.1, 0.15) is 6.42 Å². The summed E-state index contributed by atoms with van der Waals surface area (Å²) in [5, 5.41) is 0. The van der Waals surface area contributed by atoms with Crippen LogP contribution in [-0.2, 0) is 14.4 Å². The highest BCUT2D eigenvalue weighted by Gasteiger charge is 2.38. The monoisotopic (exact) mass is 407 g/mol. The second-order valence-corrected chi connectivity index (χ2v) is 7.55. The van der Waals surface area contributed by atoms with Crippen LogP contribution in [-0.4, -0.2) is 66.9 Å². The quantitative estimate of drug-likeness (QED) is 0.758. The molecule has 7 nitrogen and oxygen atoms in total. The topological polar surface area (TPSA) is 70.2 Å². The van der Waals surface area contributed by atoms with Crippen molar-refractivity contribution in [2.75, 3.05) is 44.2 Å². The van der Waals surface area contributed by atoms with E-state index in [9.17, 15) is 14.4 Å². The maximum atomic E-state index is 12.9. The van der Waals surface area contributed by atoms with Crippen LogP contribution in [0.25, 0.3) is 0 Å². The van der Waals surface area contributed by atoms with Crippen LogP contribution in [0.2, 0.25) is 0 Å². The van der Waals surface area contributed by atoms with Gasteiger partial charge in [0.2, 0.25) is 11.8 Å². The molecule has 1 atom stereocenters. The number of anilines is 1. The number of rotatable bonds is 5. The zero-order chi connectivity index (χ0) is 20.9. The molecule has 0 spiro atoms. The SMILES string of the molecule is O=C(COc1ccccc1)N1CCN(C(=O)[C@H]2CC(=O)N(c3ccccc3)C2)CC1. The summed E-state index contributed by atoms with van der Waals surface area (Å²) in [7, 11) is 0. The Kier molecular flexibility index (Phi) is 5.97. The number of ether oxygens (including phenoxy) is 1. The van der Waals surface area contributed by atoms with Crippen LogP contribution < -0.4 is 9.64 Å². The van der Waals surface area contributed by atoms with Crippen molar-refractivity contribution in [1.82, 2.24) is 9.80 Å². The van der Waals surface area contributed by atoms with Gasteiger partial charge in [-0.1, -0.05) is 36.4 Å². The van der Waals surface area contributed by atoms with Gasteiger partial charge in [0.25, 0.3) is 5.91 Å². The van der Waals surface area contributed by atoms with E-state index in [1.807, 2.05) is 60.7 Å². The maximum Gasteiger partial charge on any atom is 0.260 e. The lowest BCUT2D eigenvalue weighted by molar-refractivity contribution is -0.142. The van der Waals surface area contributed by atoms with Gasteiger partial charge in [0.15, 0.2) is 6.61 Å². The summed E-state index contributed by atoms with van der Waals surface area (Å²) >= 11 is 0. The lowest BCUT2D eigenvalue weighted by Crippen LogP contribution is -2.53. The molecule has 0 aromatic heterocycles. The van der Waals surface area contributed by atoms with E-state index in [0.29, 0.717) is 38.5 Å². The fourth-order valence-electron chi connectivity index (χ4n) is 3.92. The minimum Gasteiger partial charge on any atom is -0.484 e. The molecule has 0 aliphatic carbocycles. The Morgan fingerprint density at radius 3 is 2.13 bits per heavy atom. The van der Waals surface area contributed by atoms with E-state index >= 15 is 0 Å². The van der Waals surface area contributed by atoms with Crippen molar-refractivity contribution in [2.24, 2.45) is 5.92 Å². The standard InChI is InChI=1S/C23H25N3O4/c27-21-15-18(16-26(21)19-7-3-1-4-8-19)23(29)25-13-11-24(12-14-25)22(28)17-30-20-9-5-2-6-10-20/h1-10,18H,11-17H2/t18-/m0/s1. The van der Waals surface area contributed by atoms with Crippen molar-refractivity contribution in [2.45, 2.75) is 6.42 Å². The average Bonchev–Trinajstić information content (AvgIpc) is 3.20. The first-order valence-corrected chi connectivity index (χ1v) is 10.2. The molecule has 156 valence electrons. The summed E-state index contributed by atoms with van der Waals surface area (Å²) in [4.78, 5) is 42.9. The van der Waals surface area contributed by atoms with Crippen LogP contribution in [0.3, 0.4) is 0 Å². The molecular formula is C23H25N3O4. The number of carbonyl (C=O) groups excluding carboxylic acids is 3. The zero-order valence-electron chi connectivity index (χ0n) is 16.8. The highest BCUT2D eigenvalue weighted by molar-refractivity contribution is 6.00. The Labute approximate surface area is 175 Å². The van der Waals surface area contributed by atoms with E-state index in [1.165, 1.54) is 0 Å². The molecule has 0 N–H and O–H groups in total. The first kappa shape index (κ1) is 19.9. The third-order valence-electron chi connectivity index (χ3n) is 5.59. The highest BCUT2D eigenvalue weighted by atomic mass is 16.5. The molecule has 0 saturated carbocycles. The fraction of sp³-hybridized carbons (Fsp3) is 0.348. The predicted molar refractivity (Wildman–Crippen MR) is 112 cm³/mol. The first-order valence-electron chi connectivity index (χ1n) is 10.2. The molecule has 2 aromatic rings. The number of para-hydroxylation sites is 2. The molecule has 2 fully saturated rings. The van der Waals surface area contributed by atoms with Gasteiger partial charge < -0.3 is 19.4 Å². The zero-order valence-corrected chi connectivity index (χ0v) is 16.8. The molecule has 2 aliphatic heterocycles. The molecule has 2 aliphatic rings. The predicted octanol–water partition coefficient (Wildman–Crippen LogP) is 1.79. The lowest BCUT2D eigenvalue weighted by atomic mass is 10.1. The minimum absolute atomic E-state index is 0.00517. The second kappa shape index (κ2) is 8.98. The summed E-state index contributed by atoms with van der Waals surface area (Å²) in [5.41, 5.74) is 0.826. The van der Waals surface area contributed by atoms with Gasteiger partial charge in [0.1, 0.15) is 5.75 Å². The van der Waals surface area contributed by atoms with E-state index in [2.05, 4.69) is 0 Å². The Morgan fingerprint density at radius 1 is 0.867 bits per heavy atom. The normalized spacial score (nSPS) is 19.1. The van der Waals surface area contributed by atoms with E-state index in [-0.39, 0.29) is 36.7 Å². The average molecular weight is 407 g/mol. The molecule has 2 heterocycles. The van der Waals surface area contributed by atoms with Crippen molar-refractivity contribution < 1.29 is 19.1 Å². The number of piperazine rings is 1. The van der Waals surface area contributed by atoms with Crippen LogP contribution in [0.5, 0.6) is 5.75 Å². The van der Waals surface area contributed by atoms with Crippen LogP contribution in [0, 0.1) is 5.92 Å². The summed E-state index contributed by atoms with van der Waals surface area (Å²) in [5.74, 6) is 0.216. The maximum absolute atomic E-state index is 12.9. The van der Waals surface area contributed by atoms with E-state index in [4.69, 9.17) is 4.74 Å². The third-order valence-corrected chi connectivity index (χ3v) is 5.59. The molecule has 3 amide bonds. The lowest BCUT2D eigenvalue weighted by Gasteiger charge is -2.35. The van der Waals surface area contributed by atoms with Gasteiger partial charge in [-0.15, -0.1) is 0 Å². The Balaban J connectivity index is 1.26. The molecule has 0 unspecified atom stereocenters. The van der Waals surface area contributed by atoms with Gasteiger partial charge in [-0.25, -0.2) is 0 Å². The third kappa shape index (κ3) is 4.45. The Bertz CT molecular complexity index is 895. The van der Waals surface area contributed by atoms with Crippen LogP contribution in [0.15, 0.2) is 60.7 Å². The van der Waals surface area contributed by atoms with Gasteiger partial charge in [0.05, 0.1) is 5.92 Å². The van der Waals surface area contributed by atoms with Gasteiger partial charge in [0, 0.05) is 44.8 Å². The van der Waals surface area contributed by atoms with Crippen molar-refractivity contribution in [3.05, 3.63) is 60.7 Å². The van der Waals surface area contributed by atoms with Gasteiger partial charge in [-0.2, -0.15) is 0 Å². The number of nitrogens with zero attached hydrogens (tertiary/aromatic N) is 3. The molecule has 0 radical (unpaired) electrons. The highest BCUT2D eigenvalue weighted by Crippen LogP contribution is 2.26. The van der Waals surface area contributed by atoms with E-state index in [1.54, 1.807) is 14.7 Å². The van der Waals surface area contributed by atoms with Crippen molar-refractivity contribution in [1.29, 1.82) is 0 Å². The van der Waals surface area contributed by atoms with Crippen LogP contribution >= 0.6 is 0 Å². The minimum atomic E-state index is -0.332. The number of amides is 3. The van der Waals surface area contributed by atoms with Crippen LogP contribution in [0.4, 0.5) is 5.69 Å². The molecule has 2 saturated heterocycles. The summed E-state index contributed by atoms with van der Waals surface area (Å²) in [6.45, 7) is 2.31. The number of benzene rings is 2. The Hall–Kier alpha value is -3.35. The molecule has 4 rings (SSSR count). The van der Waals surface area contributed by atoms with Gasteiger partial charge >= 0.3 is 0 Å². The summed E-state index contributed by atoms with van der Waals surface area (Å²) in [6.07, 6.45) is 0.234. The largest absolute Gasteiger partial charge is 0.484 e. The molecule has 7 heteroatoms. The molecule has 2 aromatic carbocycles. The van der Waals surface area contributed by atoms with E-state index in [0.717, 1.165) is 5.69 Å². The summed E-state index contributed by atoms with van der Waals surface area (Å²) < 4.78 is 5.53. The Morgan fingerprint density at radius 2 is 1.47 bits per heavy atom. The number of hydrogen-bond acceptors (Lipinski definition) is 4. The summed E-state index contributed by atoms with van der Waals surface area (Å²) in [6, 6.07) is 18.7. The first-order chi connectivity index (χ1) is 14.6. The fourth-order valence-corrected chi connectivity index (χ4v) is 3.92. The van der Waals surface area contributed by atoms with Gasteiger partial charge in [-0.3, -0.25) is 14.4 Å². The smallest absolute Gasteiger partial charge is 0.260 e. The molecular weight excluding hydrogens is 382 g/mol.